The van der Waals surface area contributed by atoms with Gasteiger partial charge < -0.3 is 5.32 Å². The van der Waals surface area contributed by atoms with Crippen LogP contribution in [0.15, 0.2) is 12.3 Å². The van der Waals surface area contributed by atoms with Gasteiger partial charge in [0.25, 0.3) is 0 Å². The fraction of sp³-hybridized carbons (Fsp3) is 0.300. The van der Waals surface area contributed by atoms with Crippen LogP contribution in [0.1, 0.15) is 13.3 Å². The van der Waals surface area contributed by atoms with E-state index in [4.69, 9.17) is 23.2 Å². The number of hydrogen-bond acceptors (Lipinski definition) is 2. The highest BCUT2D eigenvalue weighted by atomic mass is 35.5. The molecule has 0 aliphatic rings. The first-order valence-electron chi connectivity index (χ1n) is 4.18. The highest BCUT2D eigenvalue weighted by molar-refractivity contribution is 6.35. The van der Waals surface area contributed by atoms with Gasteiger partial charge in [0.15, 0.2) is 0 Å². The van der Waals surface area contributed by atoms with E-state index in [-0.39, 0.29) is 0 Å². The third-order valence-corrected chi connectivity index (χ3v) is 2.02. The molecule has 1 heterocycles. The minimum Gasteiger partial charge on any atom is -0.368 e. The van der Waals surface area contributed by atoms with Crippen molar-refractivity contribution in [1.82, 2.24) is 4.98 Å². The molecule has 0 saturated carbocycles. The normalized spacial score (nSPS) is 9.07. The Labute approximate surface area is 93.6 Å². The van der Waals surface area contributed by atoms with Crippen LogP contribution in [-0.4, -0.2) is 11.5 Å². The summed E-state index contributed by atoms with van der Waals surface area (Å²) >= 11 is 11.6. The van der Waals surface area contributed by atoms with E-state index in [0.29, 0.717) is 15.9 Å². The SMILES string of the molecule is CC#CCCNc1ncc(Cl)cc1Cl. The van der Waals surface area contributed by atoms with Crippen molar-refractivity contribution < 1.29 is 0 Å². The summed E-state index contributed by atoms with van der Waals surface area (Å²) < 4.78 is 0. The van der Waals surface area contributed by atoms with E-state index in [2.05, 4.69) is 22.1 Å². The molecule has 0 bridgehead atoms. The van der Waals surface area contributed by atoms with Crippen LogP contribution in [0.25, 0.3) is 0 Å². The average Bonchev–Trinajstić information content (AvgIpc) is 2.15. The Kier molecular flexibility index (Phi) is 4.58. The quantitative estimate of drug-likeness (QED) is 0.635. The van der Waals surface area contributed by atoms with E-state index in [0.717, 1.165) is 13.0 Å². The summed E-state index contributed by atoms with van der Waals surface area (Å²) in [6.45, 7) is 2.54. The lowest BCUT2D eigenvalue weighted by Crippen LogP contribution is -2.02. The third-order valence-electron chi connectivity index (χ3n) is 1.53. The predicted molar refractivity (Wildman–Crippen MR) is 60.8 cm³/mol. The van der Waals surface area contributed by atoms with Crippen molar-refractivity contribution in [3.05, 3.63) is 22.3 Å². The van der Waals surface area contributed by atoms with Crippen molar-refractivity contribution in [2.24, 2.45) is 0 Å². The largest absolute Gasteiger partial charge is 0.368 e. The fourth-order valence-corrected chi connectivity index (χ4v) is 1.36. The van der Waals surface area contributed by atoms with E-state index in [1.807, 2.05) is 6.92 Å². The molecule has 1 rings (SSSR count). The Bertz CT molecular complexity index is 366. The number of halogens is 2. The average molecular weight is 229 g/mol. The van der Waals surface area contributed by atoms with Crippen molar-refractivity contribution in [2.75, 3.05) is 11.9 Å². The first kappa shape index (κ1) is 11.2. The lowest BCUT2D eigenvalue weighted by atomic mass is 10.4. The van der Waals surface area contributed by atoms with Crippen molar-refractivity contribution in [1.29, 1.82) is 0 Å². The van der Waals surface area contributed by atoms with Gasteiger partial charge >= 0.3 is 0 Å². The number of nitrogens with zero attached hydrogens (tertiary/aromatic N) is 1. The molecule has 1 aromatic rings. The van der Waals surface area contributed by atoms with Gasteiger partial charge in [0.1, 0.15) is 5.82 Å². The van der Waals surface area contributed by atoms with Gasteiger partial charge in [-0.15, -0.1) is 11.8 Å². The third kappa shape index (κ3) is 3.45. The van der Waals surface area contributed by atoms with Gasteiger partial charge in [0, 0.05) is 19.2 Å². The summed E-state index contributed by atoms with van der Waals surface area (Å²) in [5.41, 5.74) is 0. The fourth-order valence-electron chi connectivity index (χ4n) is 0.913. The zero-order chi connectivity index (χ0) is 10.4. The molecule has 0 amide bonds. The van der Waals surface area contributed by atoms with E-state index in [1.165, 1.54) is 0 Å². The molecule has 0 unspecified atom stereocenters. The monoisotopic (exact) mass is 228 g/mol. The number of pyridine rings is 1. The molecule has 0 spiro atoms. The lowest BCUT2D eigenvalue weighted by molar-refractivity contribution is 1.07. The van der Waals surface area contributed by atoms with Crippen LogP contribution in [0.4, 0.5) is 5.82 Å². The van der Waals surface area contributed by atoms with Gasteiger partial charge in [0.05, 0.1) is 10.0 Å². The van der Waals surface area contributed by atoms with Gasteiger partial charge in [-0.2, -0.15) is 0 Å². The summed E-state index contributed by atoms with van der Waals surface area (Å²) in [4.78, 5) is 4.05. The zero-order valence-corrected chi connectivity index (χ0v) is 9.28. The second-order valence-electron chi connectivity index (χ2n) is 2.59. The maximum absolute atomic E-state index is 5.90. The van der Waals surface area contributed by atoms with Gasteiger partial charge in [0.2, 0.25) is 0 Å². The molecular weight excluding hydrogens is 219 g/mol. The maximum Gasteiger partial charge on any atom is 0.144 e. The number of aromatic nitrogens is 1. The molecule has 0 aromatic carbocycles. The molecule has 14 heavy (non-hydrogen) atoms. The van der Waals surface area contributed by atoms with E-state index in [1.54, 1.807) is 12.3 Å². The van der Waals surface area contributed by atoms with Gasteiger partial charge in [-0.3, -0.25) is 0 Å². The van der Waals surface area contributed by atoms with Gasteiger partial charge in [-0.05, 0) is 13.0 Å². The second-order valence-corrected chi connectivity index (χ2v) is 3.43. The molecular formula is C10H10Cl2N2. The molecule has 0 fully saturated rings. The van der Waals surface area contributed by atoms with Crippen LogP contribution in [0.5, 0.6) is 0 Å². The van der Waals surface area contributed by atoms with Crippen LogP contribution in [0, 0.1) is 11.8 Å². The maximum atomic E-state index is 5.90. The van der Waals surface area contributed by atoms with Crippen LogP contribution < -0.4 is 5.32 Å². The summed E-state index contributed by atoms with van der Waals surface area (Å²) in [6, 6.07) is 1.66. The minimum atomic E-state index is 0.530. The topological polar surface area (TPSA) is 24.9 Å². The number of anilines is 1. The van der Waals surface area contributed by atoms with Crippen molar-refractivity contribution in [3.63, 3.8) is 0 Å². The summed E-state index contributed by atoms with van der Waals surface area (Å²) in [6.07, 6.45) is 2.33. The molecule has 0 saturated heterocycles. The Morgan fingerprint density at radius 3 is 2.93 bits per heavy atom. The Hall–Kier alpha value is -0.910. The molecule has 0 aliphatic heterocycles. The van der Waals surface area contributed by atoms with Crippen LogP contribution in [-0.2, 0) is 0 Å². The molecule has 0 radical (unpaired) electrons. The zero-order valence-electron chi connectivity index (χ0n) is 7.77. The predicted octanol–water partition coefficient (Wildman–Crippen LogP) is 3.21. The highest BCUT2D eigenvalue weighted by Gasteiger charge is 2.00. The van der Waals surface area contributed by atoms with Crippen molar-refractivity contribution in [3.8, 4) is 11.8 Å². The first-order chi connectivity index (χ1) is 6.74. The minimum absolute atomic E-state index is 0.530. The lowest BCUT2D eigenvalue weighted by Gasteiger charge is -2.04. The molecule has 1 N–H and O–H groups in total. The molecule has 1 aromatic heterocycles. The van der Waals surface area contributed by atoms with E-state index < -0.39 is 0 Å². The number of nitrogens with one attached hydrogen (secondary N) is 1. The highest BCUT2D eigenvalue weighted by Crippen LogP contribution is 2.22. The van der Waals surface area contributed by atoms with Gasteiger partial charge in [-0.25, -0.2) is 4.98 Å². The molecule has 74 valence electrons. The Morgan fingerprint density at radius 2 is 2.29 bits per heavy atom. The van der Waals surface area contributed by atoms with E-state index in [9.17, 15) is 0 Å². The molecule has 0 aliphatic carbocycles. The first-order valence-corrected chi connectivity index (χ1v) is 4.94. The smallest absolute Gasteiger partial charge is 0.144 e. The van der Waals surface area contributed by atoms with Crippen molar-refractivity contribution in [2.45, 2.75) is 13.3 Å². The molecule has 4 heteroatoms. The summed E-state index contributed by atoms with van der Waals surface area (Å²) in [7, 11) is 0. The second kappa shape index (κ2) is 5.74. The van der Waals surface area contributed by atoms with Crippen LogP contribution >= 0.6 is 23.2 Å². The van der Waals surface area contributed by atoms with Gasteiger partial charge in [-0.1, -0.05) is 23.2 Å². The molecule has 2 nitrogen and oxygen atoms in total. The van der Waals surface area contributed by atoms with Crippen LogP contribution in [0.3, 0.4) is 0 Å². The van der Waals surface area contributed by atoms with E-state index >= 15 is 0 Å². The number of rotatable bonds is 3. The molecule has 0 atom stereocenters. The summed E-state index contributed by atoms with van der Waals surface area (Å²) in [5, 5.41) is 4.14. The Morgan fingerprint density at radius 1 is 1.50 bits per heavy atom. The number of hydrogen-bond donors (Lipinski definition) is 1. The van der Waals surface area contributed by atoms with Crippen molar-refractivity contribution >= 4 is 29.0 Å². The summed E-state index contributed by atoms with van der Waals surface area (Å²) in [5.74, 6) is 6.40. The Balaban J connectivity index is 2.53. The van der Waals surface area contributed by atoms with Crippen LogP contribution in [0.2, 0.25) is 10.0 Å². The standard InChI is InChI=1S/C10H10Cl2N2/c1-2-3-4-5-13-10-9(12)6-8(11)7-14-10/h6-7H,4-5H2,1H3,(H,13,14).